The summed E-state index contributed by atoms with van der Waals surface area (Å²) in [4.78, 5) is 24.4. The Morgan fingerprint density at radius 3 is 2.50 bits per heavy atom. The molecule has 8 heteroatoms. The predicted molar refractivity (Wildman–Crippen MR) is 98.8 cm³/mol. The highest BCUT2D eigenvalue weighted by Crippen LogP contribution is 2.30. The predicted octanol–water partition coefficient (Wildman–Crippen LogP) is 3.35. The van der Waals surface area contributed by atoms with Gasteiger partial charge in [0.15, 0.2) is 5.82 Å². The van der Waals surface area contributed by atoms with Gasteiger partial charge in [-0.05, 0) is 57.4 Å². The van der Waals surface area contributed by atoms with E-state index >= 15 is 0 Å². The van der Waals surface area contributed by atoms with Crippen molar-refractivity contribution in [3.05, 3.63) is 34.5 Å². The smallest absolute Gasteiger partial charge is 0.343 e. The number of urea groups is 1. The van der Waals surface area contributed by atoms with Crippen molar-refractivity contribution < 1.29 is 19.4 Å². The highest BCUT2D eigenvalue weighted by atomic mass is 16.5. The molecule has 8 nitrogen and oxygen atoms in total. The van der Waals surface area contributed by atoms with Crippen LogP contribution in [0.5, 0.6) is 5.75 Å². The van der Waals surface area contributed by atoms with Gasteiger partial charge in [0, 0.05) is 18.4 Å². The van der Waals surface area contributed by atoms with Gasteiger partial charge in [0.05, 0.1) is 6.61 Å². The van der Waals surface area contributed by atoms with E-state index in [1.165, 1.54) is 6.20 Å². The van der Waals surface area contributed by atoms with E-state index in [1.807, 2.05) is 6.92 Å². The fourth-order valence-corrected chi connectivity index (χ4v) is 2.49. The monoisotopic (exact) mass is 360 g/mol. The lowest BCUT2D eigenvalue weighted by atomic mass is 10.0. The van der Waals surface area contributed by atoms with E-state index in [0.717, 1.165) is 5.56 Å². The summed E-state index contributed by atoms with van der Waals surface area (Å²) >= 11 is 0. The second-order valence-electron chi connectivity index (χ2n) is 5.89. The number of carbonyl (C=O) groups excluding carboxylic acids is 2. The summed E-state index contributed by atoms with van der Waals surface area (Å²) in [5.74, 6) is -0.206. The Kier molecular flexibility index (Phi) is 5.86. The zero-order chi connectivity index (χ0) is 19.4. The van der Waals surface area contributed by atoms with Crippen LogP contribution in [-0.2, 0) is 11.3 Å². The van der Waals surface area contributed by atoms with E-state index in [9.17, 15) is 14.7 Å². The van der Waals surface area contributed by atoms with Gasteiger partial charge in [-0.1, -0.05) is 0 Å². The maximum Gasteiger partial charge on any atom is 0.343 e. The first kappa shape index (κ1) is 19.3. The number of amides is 2. The Labute approximate surface area is 152 Å². The molecular formula is C18H24N4O4. The zero-order valence-electron chi connectivity index (χ0n) is 15.6. The van der Waals surface area contributed by atoms with Crippen LogP contribution in [0.25, 0.3) is 0 Å². The molecule has 0 saturated heterocycles. The van der Waals surface area contributed by atoms with Gasteiger partial charge in [-0.2, -0.15) is 5.10 Å². The van der Waals surface area contributed by atoms with E-state index in [0.29, 0.717) is 23.4 Å². The second kappa shape index (κ2) is 7.90. The number of hydrogen-bond donors (Lipinski definition) is 3. The van der Waals surface area contributed by atoms with Crippen molar-refractivity contribution in [2.24, 2.45) is 0 Å². The number of phenolic OH excluding ortho intramolecular Hbond substituents is 1. The average molecular weight is 360 g/mol. The molecule has 0 aliphatic heterocycles. The molecule has 26 heavy (non-hydrogen) atoms. The molecule has 0 saturated carbocycles. The van der Waals surface area contributed by atoms with E-state index in [2.05, 4.69) is 15.7 Å². The van der Waals surface area contributed by atoms with Gasteiger partial charge in [-0.25, -0.2) is 9.59 Å². The first-order valence-electron chi connectivity index (χ1n) is 8.40. The van der Waals surface area contributed by atoms with Gasteiger partial charge in [0.2, 0.25) is 0 Å². The van der Waals surface area contributed by atoms with Crippen molar-refractivity contribution in [2.75, 3.05) is 17.2 Å². The number of aryl methyl sites for hydroxylation is 2. The van der Waals surface area contributed by atoms with Gasteiger partial charge in [0.25, 0.3) is 0 Å². The molecule has 2 amide bonds. The lowest BCUT2D eigenvalue weighted by Crippen LogP contribution is -2.22. The standard InChI is InChI=1S/C18H24N4O4/c1-6-22-9-13(17(24)26-7-2)16(21-22)20-18(25)19-14-8-10(3)15(23)12(5)11(14)4/h8-9,23H,6-7H2,1-5H3,(H2,19,20,21,25). The topological polar surface area (TPSA) is 105 Å². The fraction of sp³-hybridized carbons (Fsp3) is 0.389. The van der Waals surface area contributed by atoms with Crippen molar-refractivity contribution >= 4 is 23.5 Å². The molecule has 2 rings (SSSR count). The number of nitrogens with zero attached hydrogens (tertiary/aromatic N) is 2. The molecule has 2 aromatic rings. The Bertz CT molecular complexity index is 842. The molecule has 140 valence electrons. The quantitative estimate of drug-likeness (QED) is 0.560. The van der Waals surface area contributed by atoms with Gasteiger partial charge >= 0.3 is 12.0 Å². The van der Waals surface area contributed by atoms with Crippen LogP contribution in [0.3, 0.4) is 0 Å². The molecule has 3 N–H and O–H groups in total. The summed E-state index contributed by atoms with van der Waals surface area (Å²) < 4.78 is 6.54. The molecular weight excluding hydrogens is 336 g/mol. The second-order valence-corrected chi connectivity index (χ2v) is 5.89. The van der Waals surface area contributed by atoms with Gasteiger partial charge in [-0.3, -0.25) is 10.00 Å². The third-order valence-electron chi connectivity index (χ3n) is 4.12. The molecule has 1 heterocycles. The maximum atomic E-state index is 12.4. The average Bonchev–Trinajstić information content (AvgIpc) is 3.01. The minimum absolute atomic E-state index is 0.132. The zero-order valence-corrected chi connectivity index (χ0v) is 15.6. The lowest BCUT2D eigenvalue weighted by molar-refractivity contribution is 0.0527. The number of ether oxygens (including phenoxy) is 1. The van der Waals surface area contributed by atoms with Crippen molar-refractivity contribution in [2.45, 2.75) is 41.2 Å². The van der Waals surface area contributed by atoms with Crippen molar-refractivity contribution in [1.29, 1.82) is 0 Å². The molecule has 0 atom stereocenters. The fourth-order valence-electron chi connectivity index (χ4n) is 2.49. The molecule has 1 aromatic carbocycles. The SMILES string of the molecule is CCOC(=O)c1cn(CC)nc1NC(=O)Nc1cc(C)c(O)c(C)c1C. The number of aromatic hydroxyl groups is 1. The first-order valence-corrected chi connectivity index (χ1v) is 8.40. The van der Waals surface area contributed by atoms with E-state index in [-0.39, 0.29) is 23.7 Å². The number of phenols is 1. The first-order chi connectivity index (χ1) is 12.3. The number of aromatic nitrogens is 2. The number of nitrogens with one attached hydrogen (secondary N) is 2. The summed E-state index contributed by atoms with van der Waals surface area (Å²) in [6.07, 6.45) is 1.54. The van der Waals surface area contributed by atoms with Crippen LogP contribution < -0.4 is 10.6 Å². The Morgan fingerprint density at radius 2 is 1.88 bits per heavy atom. The summed E-state index contributed by atoms with van der Waals surface area (Å²) in [7, 11) is 0. The minimum Gasteiger partial charge on any atom is -0.507 e. The lowest BCUT2D eigenvalue weighted by Gasteiger charge is -2.14. The van der Waals surface area contributed by atoms with Gasteiger partial charge in [0.1, 0.15) is 11.3 Å². The molecule has 0 spiro atoms. The number of anilines is 2. The highest BCUT2D eigenvalue weighted by Gasteiger charge is 2.20. The highest BCUT2D eigenvalue weighted by molar-refractivity contribution is 6.04. The molecule has 0 aliphatic rings. The van der Waals surface area contributed by atoms with Crippen LogP contribution in [0.1, 0.15) is 40.9 Å². The summed E-state index contributed by atoms with van der Waals surface area (Å²) in [6.45, 7) is 9.70. The van der Waals surface area contributed by atoms with E-state index in [4.69, 9.17) is 4.74 Å². The molecule has 0 bridgehead atoms. The summed E-state index contributed by atoms with van der Waals surface area (Å²) in [5, 5.41) is 19.5. The van der Waals surface area contributed by atoms with Crippen LogP contribution in [0.4, 0.5) is 16.3 Å². The molecule has 0 aliphatic carbocycles. The van der Waals surface area contributed by atoms with Crippen LogP contribution in [-0.4, -0.2) is 33.5 Å². The molecule has 0 unspecified atom stereocenters. The number of hydrogen-bond acceptors (Lipinski definition) is 5. The van der Waals surface area contributed by atoms with Gasteiger partial charge in [-0.15, -0.1) is 0 Å². The third kappa shape index (κ3) is 3.96. The largest absolute Gasteiger partial charge is 0.507 e. The Morgan fingerprint density at radius 1 is 1.19 bits per heavy atom. The van der Waals surface area contributed by atoms with Crippen LogP contribution >= 0.6 is 0 Å². The molecule has 0 fully saturated rings. The van der Waals surface area contributed by atoms with Crippen molar-refractivity contribution in [1.82, 2.24) is 9.78 Å². The van der Waals surface area contributed by atoms with Crippen molar-refractivity contribution in [3.63, 3.8) is 0 Å². The number of esters is 1. The van der Waals surface area contributed by atoms with E-state index in [1.54, 1.807) is 38.4 Å². The van der Waals surface area contributed by atoms with Crippen LogP contribution in [0.15, 0.2) is 12.3 Å². The van der Waals surface area contributed by atoms with E-state index < -0.39 is 12.0 Å². The van der Waals surface area contributed by atoms with Gasteiger partial charge < -0.3 is 15.2 Å². The third-order valence-corrected chi connectivity index (χ3v) is 4.12. The normalized spacial score (nSPS) is 10.5. The van der Waals surface area contributed by atoms with Crippen molar-refractivity contribution in [3.8, 4) is 5.75 Å². The van der Waals surface area contributed by atoms with Crippen LogP contribution in [0, 0.1) is 20.8 Å². The number of benzene rings is 1. The summed E-state index contributed by atoms with van der Waals surface area (Å²) in [6, 6.07) is 1.15. The molecule has 1 aromatic heterocycles. The Balaban J connectivity index is 2.23. The maximum absolute atomic E-state index is 12.4. The Hall–Kier alpha value is -3.03. The van der Waals surface area contributed by atoms with Crippen LogP contribution in [0.2, 0.25) is 0 Å². The summed E-state index contributed by atoms with van der Waals surface area (Å²) in [5.41, 5.74) is 2.88. The minimum atomic E-state index is -0.546. The number of rotatable bonds is 5. The molecule has 0 radical (unpaired) electrons. The number of carbonyl (C=O) groups is 2.